The third-order valence-corrected chi connectivity index (χ3v) is 5.79. The molecule has 0 aromatic carbocycles. The molecule has 27 heavy (non-hydrogen) atoms. The van der Waals surface area contributed by atoms with E-state index in [0.29, 0.717) is 18.2 Å². The topological polar surface area (TPSA) is 76.4 Å². The standard InChI is InChI=1S/C19H32N6O.HI/c1-2-20-19(22-15-13-14-9-10-16(15)26-14)21-11-6-8-18-24-23-17-7-4-3-5-12-25(17)18;/h14-16H,2-13H2,1H3,(H2,20,21,22);1H. The van der Waals surface area contributed by atoms with E-state index in [4.69, 9.17) is 9.73 Å². The minimum Gasteiger partial charge on any atom is -0.373 e. The van der Waals surface area contributed by atoms with Crippen molar-refractivity contribution in [1.82, 2.24) is 25.4 Å². The Morgan fingerprint density at radius 2 is 2.19 bits per heavy atom. The Balaban J connectivity index is 0.00000210. The second-order valence-corrected chi connectivity index (χ2v) is 7.72. The maximum Gasteiger partial charge on any atom is 0.191 e. The fourth-order valence-corrected chi connectivity index (χ4v) is 4.44. The predicted molar refractivity (Wildman–Crippen MR) is 117 cm³/mol. The third kappa shape index (κ3) is 5.13. The van der Waals surface area contributed by atoms with Crippen LogP contribution in [0.1, 0.15) is 63.5 Å². The summed E-state index contributed by atoms with van der Waals surface area (Å²) >= 11 is 0. The number of nitrogens with one attached hydrogen (secondary N) is 2. The van der Waals surface area contributed by atoms with Gasteiger partial charge in [0.15, 0.2) is 5.96 Å². The molecule has 1 aromatic heterocycles. The molecule has 3 atom stereocenters. The second-order valence-electron chi connectivity index (χ2n) is 7.72. The minimum absolute atomic E-state index is 0. The first-order valence-electron chi connectivity index (χ1n) is 10.4. The molecule has 4 rings (SSSR count). The summed E-state index contributed by atoms with van der Waals surface area (Å²) in [5.41, 5.74) is 0. The summed E-state index contributed by atoms with van der Waals surface area (Å²) in [6, 6.07) is 0.416. The van der Waals surface area contributed by atoms with Crippen molar-refractivity contribution in [1.29, 1.82) is 0 Å². The lowest BCUT2D eigenvalue weighted by Crippen LogP contribution is -2.47. The Hall–Kier alpha value is -0.900. The summed E-state index contributed by atoms with van der Waals surface area (Å²) < 4.78 is 8.28. The fourth-order valence-electron chi connectivity index (χ4n) is 4.44. The lowest BCUT2D eigenvalue weighted by Gasteiger charge is -2.22. The maximum atomic E-state index is 5.94. The molecule has 0 spiro atoms. The number of rotatable bonds is 6. The Kier molecular flexibility index (Phi) is 7.75. The molecule has 1 aromatic rings. The van der Waals surface area contributed by atoms with Crippen LogP contribution in [0.2, 0.25) is 0 Å². The fraction of sp³-hybridized carbons (Fsp3) is 0.842. The zero-order chi connectivity index (χ0) is 17.8. The summed E-state index contributed by atoms with van der Waals surface area (Å²) in [6.45, 7) is 4.87. The summed E-state index contributed by atoms with van der Waals surface area (Å²) in [5.74, 6) is 3.23. The van der Waals surface area contributed by atoms with Gasteiger partial charge in [-0.05, 0) is 45.4 Å². The molecule has 2 fully saturated rings. The van der Waals surface area contributed by atoms with Crippen molar-refractivity contribution < 1.29 is 4.74 Å². The Labute approximate surface area is 179 Å². The van der Waals surface area contributed by atoms with Crippen molar-refractivity contribution in [3.63, 3.8) is 0 Å². The van der Waals surface area contributed by atoms with E-state index in [1.54, 1.807) is 0 Å². The largest absolute Gasteiger partial charge is 0.373 e. The van der Waals surface area contributed by atoms with E-state index < -0.39 is 0 Å². The Bertz CT molecular complexity index is 634. The number of hydrogen-bond donors (Lipinski definition) is 2. The first-order valence-corrected chi connectivity index (χ1v) is 10.4. The van der Waals surface area contributed by atoms with Gasteiger partial charge in [0.2, 0.25) is 0 Å². The van der Waals surface area contributed by atoms with Crippen LogP contribution in [-0.4, -0.2) is 52.1 Å². The van der Waals surface area contributed by atoms with Gasteiger partial charge < -0.3 is 19.9 Å². The number of hydrogen-bond acceptors (Lipinski definition) is 4. The van der Waals surface area contributed by atoms with E-state index in [-0.39, 0.29) is 24.0 Å². The third-order valence-electron chi connectivity index (χ3n) is 5.79. The van der Waals surface area contributed by atoms with Gasteiger partial charge in [-0.25, -0.2) is 0 Å². The zero-order valence-corrected chi connectivity index (χ0v) is 18.7. The molecule has 3 unspecified atom stereocenters. The normalized spacial score (nSPS) is 27.0. The second kappa shape index (κ2) is 10.0. The number of aryl methyl sites for hydroxylation is 2. The minimum atomic E-state index is 0. The van der Waals surface area contributed by atoms with Crippen LogP contribution in [0.3, 0.4) is 0 Å². The van der Waals surface area contributed by atoms with Crippen molar-refractivity contribution >= 4 is 29.9 Å². The molecule has 0 amide bonds. The van der Waals surface area contributed by atoms with Crippen molar-refractivity contribution in [2.75, 3.05) is 13.1 Å². The summed E-state index contributed by atoms with van der Waals surface area (Å²) in [6.07, 6.45) is 11.2. The highest BCUT2D eigenvalue weighted by molar-refractivity contribution is 14.0. The smallest absolute Gasteiger partial charge is 0.191 e. The van der Waals surface area contributed by atoms with Crippen LogP contribution in [0.25, 0.3) is 0 Å². The lowest BCUT2D eigenvalue weighted by atomic mass is 9.96. The van der Waals surface area contributed by atoms with Crippen LogP contribution in [0.15, 0.2) is 4.99 Å². The van der Waals surface area contributed by atoms with E-state index >= 15 is 0 Å². The molecule has 2 saturated heterocycles. The van der Waals surface area contributed by atoms with Crippen LogP contribution in [0.4, 0.5) is 0 Å². The number of halogens is 1. The molecule has 7 nitrogen and oxygen atoms in total. The van der Waals surface area contributed by atoms with Gasteiger partial charge >= 0.3 is 0 Å². The monoisotopic (exact) mass is 488 g/mol. The molecule has 0 aliphatic carbocycles. The highest BCUT2D eigenvalue weighted by atomic mass is 127. The van der Waals surface area contributed by atoms with E-state index in [2.05, 4.69) is 32.3 Å². The van der Waals surface area contributed by atoms with E-state index in [1.807, 2.05) is 0 Å². The molecular weight excluding hydrogens is 455 g/mol. The molecule has 2 bridgehead atoms. The van der Waals surface area contributed by atoms with Gasteiger partial charge in [0, 0.05) is 32.5 Å². The molecule has 2 N–H and O–H groups in total. The number of aromatic nitrogens is 3. The molecule has 0 saturated carbocycles. The molecule has 152 valence electrons. The van der Waals surface area contributed by atoms with Crippen molar-refractivity contribution in [3.05, 3.63) is 11.6 Å². The highest BCUT2D eigenvalue weighted by Gasteiger charge is 2.41. The average Bonchev–Trinajstić information content (AvgIpc) is 3.31. The molecule has 3 aliphatic heterocycles. The van der Waals surface area contributed by atoms with Crippen molar-refractivity contribution in [3.8, 4) is 0 Å². The van der Waals surface area contributed by atoms with Gasteiger partial charge in [0.25, 0.3) is 0 Å². The van der Waals surface area contributed by atoms with Crippen LogP contribution in [-0.2, 0) is 24.1 Å². The number of guanidine groups is 1. The zero-order valence-electron chi connectivity index (χ0n) is 16.3. The van der Waals surface area contributed by atoms with Crippen molar-refractivity contribution in [2.45, 2.75) is 89.5 Å². The van der Waals surface area contributed by atoms with E-state index in [9.17, 15) is 0 Å². The Morgan fingerprint density at radius 3 is 2.96 bits per heavy atom. The van der Waals surface area contributed by atoms with Crippen LogP contribution >= 0.6 is 24.0 Å². The highest BCUT2D eigenvalue weighted by Crippen LogP contribution is 2.34. The SMILES string of the molecule is CCNC(=NCCCc1nnc2n1CCCCC2)NC1CC2CCC1O2.I. The molecule has 4 heterocycles. The first kappa shape index (κ1) is 20.8. The quantitative estimate of drug-likeness (QED) is 0.279. The van der Waals surface area contributed by atoms with Crippen LogP contribution in [0, 0.1) is 0 Å². The van der Waals surface area contributed by atoms with Gasteiger partial charge in [-0.3, -0.25) is 4.99 Å². The summed E-state index contributed by atoms with van der Waals surface area (Å²) in [4.78, 5) is 4.77. The molecular formula is C19H33IN6O. The number of nitrogens with zero attached hydrogens (tertiary/aromatic N) is 4. The maximum absolute atomic E-state index is 5.94. The Morgan fingerprint density at radius 1 is 1.26 bits per heavy atom. The van der Waals surface area contributed by atoms with Crippen LogP contribution < -0.4 is 10.6 Å². The van der Waals surface area contributed by atoms with Crippen molar-refractivity contribution in [2.24, 2.45) is 4.99 Å². The van der Waals surface area contributed by atoms with Gasteiger partial charge in [-0.1, -0.05) is 6.42 Å². The predicted octanol–water partition coefficient (Wildman–Crippen LogP) is 2.43. The summed E-state index contributed by atoms with van der Waals surface area (Å²) in [5, 5.41) is 15.8. The van der Waals surface area contributed by atoms with Gasteiger partial charge in [0.1, 0.15) is 11.6 Å². The van der Waals surface area contributed by atoms with E-state index in [0.717, 1.165) is 57.1 Å². The molecule has 3 aliphatic rings. The van der Waals surface area contributed by atoms with Gasteiger partial charge in [0.05, 0.1) is 18.2 Å². The van der Waals surface area contributed by atoms with Crippen LogP contribution in [0.5, 0.6) is 0 Å². The van der Waals surface area contributed by atoms with E-state index in [1.165, 1.54) is 37.9 Å². The number of ether oxygens (including phenoxy) is 1. The number of fused-ring (bicyclic) bond motifs is 3. The molecule has 0 radical (unpaired) electrons. The first-order chi connectivity index (χ1) is 12.8. The van der Waals surface area contributed by atoms with Gasteiger partial charge in [-0.2, -0.15) is 0 Å². The lowest BCUT2D eigenvalue weighted by molar-refractivity contribution is 0.0992. The molecule has 8 heteroatoms. The van der Waals surface area contributed by atoms with Gasteiger partial charge in [-0.15, -0.1) is 34.2 Å². The average molecular weight is 488 g/mol. The number of aliphatic imine (C=N–C) groups is 1. The summed E-state index contributed by atoms with van der Waals surface area (Å²) in [7, 11) is 0.